The summed E-state index contributed by atoms with van der Waals surface area (Å²) in [6.07, 6.45) is 1.31. The smallest absolute Gasteiger partial charge is 0.266 e. The van der Waals surface area contributed by atoms with Gasteiger partial charge in [0.1, 0.15) is 11.6 Å². The van der Waals surface area contributed by atoms with Gasteiger partial charge in [-0.3, -0.25) is 9.59 Å². The number of carbonyl (C=O) groups is 1. The molecule has 0 radical (unpaired) electrons. The van der Waals surface area contributed by atoms with Crippen LogP contribution in [-0.2, 0) is 4.79 Å². The summed E-state index contributed by atoms with van der Waals surface area (Å²) in [6.45, 7) is 0. The molecule has 0 saturated carbocycles. The van der Waals surface area contributed by atoms with Crippen LogP contribution in [0.25, 0.3) is 27.8 Å². The van der Waals surface area contributed by atoms with Gasteiger partial charge in [0.25, 0.3) is 11.5 Å². The van der Waals surface area contributed by atoms with Gasteiger partial charge in [-0.15, -0.1) is 0 Å². The van der Waals surface area contributed by atoms with Crippen LogP contribution in [0.5, 0.6) is 0 Å². The maximum Gasteiger partial charge on any atom is 0.266 e. The Kier molecular flexibility index (Phi) is 4.45. The molecule has 4 aromatic rings. The molecule has 134 valence electrons. The molecule has 28 heavy (non-hydrogen) atoms. The number of pyridine rings is 1. The lowest BCUT2D eigenvalue weighted by atomic mass is 10.1. The van der Waals surface area contributed by atoms with E-state index in [1.54, 1.807) is 18.2 Å². The minimum absolute atomic E-state index is 0.145. The Bertz CT molecular complexity index is 1340. The topological polar surface area (TPSA) is 85.8 Å². The van der Waals surface area contributed by atoms with Crippen molar-refractivity contribution in [1.82, 2.24) is 4.98 Å². The van der Waals surface area contributed by atoms with Gasteiger partial charge in [0.15, 0.2) is 0 Å². The summed E-state index contributed by atoms with van der Waals surface area (Å²) < 4.78 is 0. The molecular formula is C23H15N3O2. The van der Waals surface area contributed by atoms with E-state index < -0.39 is 5.91 Å². The zero-order chi connectivity index (χ0) is 19.5. The second kappa shape index (κ2) is 7.22. The highest BCUT2D eigenvalue weighted by Gasteiger charge is 2.12. The number of carbonyl (C=O) groups excluding carboxylic acids is 1. The fraction of sp³-hybridized carbons (Fsp3) is 0. The maximum atomic E-state index is 12.7. The highest BCUT2D eigenvalue weighted by molar-refractivity contribution is 6.13. The summed E-state index contributed by atoms with van der Waals surface area (Å²) >= 11 is 0. The Balaban J connectivity index is 1.71. The van der Waals surface area contributed by atoms with E-state index in [0.717, 1.165) is 16.2 Å². The number of hydrogen-bond donors (Lipinski definition) is 2. The van der Waals surface area contributed by atoms with E-state index >= 15 is 0 Å². The van der Waals surface area contributed by atoms with E-state index in [2.05, 4.69) is 10.3 Å². The van der Waals surface area contributed by atoms with E-state index in [-0.39, 0.29) is 16.7 Å². The van der Waals surface area contributed by atoms with Crippen molar-refractivity contribution in [2.75, 3.05) is 5.32 Å². The first kappa shape index (κ1) is 17.3. The van der Waals surface area contributed by atoms with Gasteiger partial charge in [-0.25, -0.2) is 0 Å². The van der Waals surface area contributed by atoms with Gasteiger partial charge >= 0.3 is 0 Å². The molecule has 0 unspecified atom stereocenters. The van der Waals surface area contributed by atoms with Crippen molar-refractivity contribution in [2.24, 2.45) is 0 Å². The molecule has 1 amide bonds. The fourth-order valence-corrected chi connectivity index (χ4v) is 3.10. The average Bonchev–Trinajstić information content (AvgIpc) is 2.72. The molecule has 0 aliphatic carbocycles. The first-order valence-electron chi connectivity index (χ1n) is 8.69. The summed E-state index contributed by atoms with van der Waals surface area (Å²) in [4.78, 5) is 27.7. The molecule has 0 atom stereocenters. The van der Waals surface area contributed by atoms with Crippen molar-refractivity contribution >= 4 is 39.3 Å². The number of anilines is 1. The number of amides is 1. The maximum absolute atomic E-state index is 12.7. The standard InChI is InChI=1S/C23H15N3O2/c24-14-18(13-17-12-16-7-2-4-10-20(16)25-22(17)27)23(28)26-21-11-5-8-15-6-1-3-9-19(15)21/h1-13H,(H,25,27)(H,26,28)/b18-13+. The van der Waals surface area contributed by atoms with Gasteiger partial charge in [0.05, 0.1) is 0 Å². The zero-order valence-electron chi connectivity index (χ0n) is 14.8. The molecule has 5 heteroatoms. The Morgan fingerprint density at radius 2 is 1.68 bits per heavy atom. The van der Waals surface area contributed by atoms with Gasteiger partial charge in [0, 0.05) is 22.2 Å². The number of nitrogens with one attached hydrogen (secondary N) is 2. The van der Waals surface area contributed by atoms with Crippen molar-refractivity contribution in [1.29, 1.82) is 5.26 Å². The molecular weight excluding hydrogens is 350 g/mol. The lowest BCUT2D eigenvalue weighted by Gasteiger charge is -2.08. The van der Waals surface area contributed by atoms with Crippen LogP contribution < -0.4 is 10.9 Å². The highest BCUT2D eigenvalue weighted by Crippen LogP contribution is 2.23. The number of benzene rings is 3. The second-order valence-electron chi connectivity index (χ2n) is 6.29. The summed E-state index contributed by atoms with van der Waals surface area (Å²) in [7, 11) is 0. The number of aromatic amines is 1. The Morgan fingerprint density at radius 1 is 0.964 bits per heavy atom. The van der Waals surface area contributed by atoms with Crippen LogP contribution in [-0.4, -0.2) is 10.9 Å². The van der Waals surface area contributed by atoms with E-state index in [9.17, 15) is 14.9 Å². The van der Waals surface area contributed by atoms with Crippen molar-refractivity contribution in [3.05, 3.63) is 94.3 Å². The normalized spacial score (nSPS) is 11.3. The van der Waals surface area contributed by atoms with Crippen molar-refractivity contribution in [2.45, 2.75) is 0 Å². The minimum Gasteiger partial charge on any atom is -0.321 e. The predicted molar refractivity (Wildman–Crippen MR) is 111 cm³/mol. The SMILES string of the molecule is N#C/C(=C\c1cc2ccccc2[nH]c1=O)C(=O)Nc1cccc2ccccc12. The van der Waals surface area contributed by atoms with Crippen LogP contribution in [0.2, 0.25) is 0 Å². The monoisotopic (exact) mass is 365 g/mol. The number of para-hydroxylation sites is 1. The summed E-state index contributed by atoms with van der Waals surface area (Å²) in [5.41, 5.74) is 1.06. The van der Waals surface area contributed by atoms with Crippen LogP contribution in [0.3, 0.4) is 0 Å². The van der Waals surface area contributed by atoms with Crippen molar-refractivity contribution < 1.29 is 4.79 Å². The van der Waals surface area contributed by atoms with Crippen LogP contribution in [0, 0.1) is 11.3 Å². The third-order valence-corrected chi connectivity index (χ3v) is 4.48. The minimum atomic E-state index is -0.564. The molecule has 3 aromatic carbocycles. The quantitative estimate of drug-likeness (QED) is 0.421. The van der Waals surface area contributed by atoms with Gasteiger partial charge < -0.3 is 10.3 Å². The lowest BCUT2D eigenvalue weighted by molar-refractivity contribution is -0.112. The number of nitrogens with zero attached hydrogens (tertiary/aromatic N) is 1. The van der Waals surface area contributed by atoms with E-state index in [0.29, 0.717) is 11.2 Å². The van der Waals surface area contributed by atoms with Crippen LogP contribution >= 0.6 is 0 Å². The number of nitriles is 1. The molecule has 0 bridgehead atoms. The van der Waals surface area contributed by atoms with Crippen molar-refractivity contribution in [3.8, 4) is 6.07 Å². The molecule has 0 fully saturated rings. The highest BCUT2D eigenvalue weighted by atomic mass is 16.1. The van der Waals surface area contributed by atoms with Crippen molar-refractivity contribution in [3.63, 3.8) is 0 Å². The summed E-state index contributed by atoms with van der Waals surface area (Å²) in [6, 6.07) is 24.1. The third-order valence-electron chi connectivity index (χ3n) is 4.48. The number of rotatable bonds is 3. The van der Waals surface area contributed by atoms with Gasteiger partial charge in [-0.1, -0.05) is 54.6 Å². The molecule has 5 nitrogen and oxygen atoms in total. The Labute approximate surface area is 160 Å². The molecule has 0 aliphatic heterocycles. The van der Waals surface area contributed by atoms with E-state index in [1.807, 2.05) is 60.7 Å². The van der Waals surface area contributed by atoms with Gasteiger partial charge in [-0.2, -0.15) is 5.26 Å². The second-order valence-corrected chi connectivity index (χ2v) is 6.29. The fourth-order valence-electron chi connectivity index (χ4n) is 3.10. The van der Waals surface area contributed by atoms with Gasteiger partial charge in [-0.05, 0) is 35.0 Å². The molecule has 4 rings (SSSR count). The third kappa shape index (κ3) is 3.27. The molecule has 2 N–H and O–H groups in total. The molecule has 0 aliphatic rings. The summed E-state index contributed by atoms with van der Waals surface area (Å²) in [5, 5.41) is 14.9. The molecule has 1 aromatic heterocycles. The predicted octanol–water partition coefficient (Wildman–Crippen LogP) is 4.23. The van der Waals surface area contributed by atoms with Crippen LogP contribution in [0.1, 0.15) is 5.56 Å². The first-order chi connectivity index (χ1) is 13.7. The first-order valence-corrected chi connectivity index (χ1v) is 8.69. The summed E-state index contributed by atoms with van der Waals surface area (Å²) in [5.74, 6) is -0.564. The number of fused-ring (bicyclic) bond motifs is 2. The van der Waals surface area contributed by atoms with Crippen LogP contribution in [0.15, 0.2) is 83.2 Å². The number of hydrogen-bond acceptors (Lipinski definition) is 3. The van der Waals surface area contributed by atoms with Gasteiger partial charge in [0.2, 0.25) is 0 Å². The molecule has 0 saturated heterocycles. The number of H-pyrrole nitrogens is 1. The zero-order valence-corrected chi connectivity index (χ0v) is 14.8. The Hall–Kier alpha value is -4.17. The largest absolute Gasteiger partial charge is 0.321 e. The molecule has 1 heterocycles. The van der Waals surface area contributed by atoms with Crippen LogP contribution in [0.4, 0.5) is 5.69 Å². The lowest BCUT2D eigenvalue weighted by Crippen LogP contribution is -2.15. The average molecular weight is 365 g/mol. The Morgan fingerprint density at radius 3 is 2.50 bits per heavy atom. The van der Waals surface area contributed by atoms with E-state index in [1.165, 1.54) is 6.08 Å². The number of aromatic nitrogens is 1. The molecule has 0 spiro atoms. The van der Waals surface area contributed by atoms with E-state index in [4.69, 9.17) is 0 Å².